The second-order valence-corrected chi connectivity index (χ2v) is 7.09. The summed E-state index contributed by atoms with van der Waals surface area (Å²) in [5, 5.41) is 4.06. The molecular weight excluding hydrogens is 368 g/mol. The van der Waals surface area contributed by atoms with Gasteiger partial charge in [-0.25, -0.2) is 4.79 Å². The summed E-state index contributed by atoms with van der Waals surface area (Å²) in [5.74, 6) is -0.866. The summed E-state index contributed by atoms with van der Waals surface area (Å²) in [6.45, 7) is 0.730. The Bertz CT molecular complexity index is 1050. The Balaban J connectivity index is 1.22. The van der Waals surface area contributed by atoms with Crippen LogP contribution in [0.3, 0.4) is 0 Å². The van der Waals surface area contributed by atoms with Crippen LogP contribution in [0, 0.1) is 5.92 Å². The number of para-hydroxylation sites is 1. The number of aliphatic imine (C=N–C) groups is 1. The number of hydrogen-bond donors (Lipinski definition) is 2. The Labute approximate surface area is 168 Å². The fourth-order valence-electron chi connectivity index (χ4n) is 3.65. The van der Waals surface area contributed by atoms with Gasteiger partial charge in [0.25, 0.3) is 0 Å². The third kappa shape index (κ3) is 4.03. The summed E-state index contributed by atoms with van der Waals surface area (Å²) in [4.78, 5) is 45.0. The van der Waals surface area contributed by atoms with Crippen LogP contribution >= 0.6 is 0 Å². The Morgan fingerprint density at radius 1 is 1.21 bits per heavy atom. The molecule has 1 unspecified atom stereocenters. The average Bonchev–Trinajstić information content (AvgIpc) is 3.14. The van der Waals surface area contributed by atoms with Gasteiger partial charge in [-0.3, -0.25) is 14.5 Å². The summed E-state index contributed by atoms with van der Waals surface area (Å²) >= 11 is 0. The van der Waals surface area contributed by atoms with Crippen molar-refractivity contribution < 1.29 is 14.4 Å². The second kappa shape index (κ2) is 8.26. The molecule has 2 N–H and O–H groups in total. The van der Waals surface area contributed by atoms with E-state index in [0.717, 1.165) is 27.8 Å². The lowest BCUT2D eigenvalue weighted by atomic mass is 9.95. The van der Waals surface area contributed by atoms with Gasteiger partial charge >= 0.3 is 6.03 Å². The molecule has 4 rings (SSSR count). The molecule has 7 heteroatoms. The van der Waals surface area contributed by atoms with Crippen molar-refractivity contribution in [3.8, 4) is 0 Å². The number of nitrogens with zero attached hydrogens (tertiary/aromatic N) is 2. The van der Waals surface area contributed by atoms with Crippen LogP contribution < -0.4 is 5.32 Å². The molecule has 2 heterocycles. The van der Waals surface area contributed by atoms with Crippen molar-refractivity contribution in [2.75, 3.05) is 13.1 Å². The lowest BCUT2D eigenvalue weighted by molar-refractivity contribution is -0.130. The van der Waals surface area contributed by atoms with E-state index in [1.165, 1.54) is 0 Å². The van der Waals surface area contributed by atoms with E-state index >= 15 is 0 Å². The van der Waals surface area contributed by atoms with E-state index in [4.69, 9.17) is 0 Å². The van der Waals surface area contributed by atoms with Crippen molar-refractivity contribution in [2.24, 2.45) is 10.9 Å². The van der Waals surface area contributed by atoms with Gasteiger partial charge in [0.2, 0.25) is 11.8 Å². The number of aromatic nitrogens is 1. The highest BCUT2D eigenvalue weighted by atomic mass is 16.2. The van der Waals surface area contributed by atoms with E-state index in [9.17, 15) is 14.4 Å². The number of rotatable bonds is 7. The topological polar surface area (TPSA) is 94.6 Å². The maximum absolute atomic E-state index is 12.5. The molecule has 1 aromatic carbocycles. The van der Waals surface area contributed by atoms with Crippen LogP contribution in [0.2, 0.25) is 0 Å². The van der Waals surface area contributed by atoms with E-state index in [2.05, 4.69) is 21.4 Å². The number of urea groups is 1. The molecule has 0 saturated heterocycles. The van der Waals surface area contributed by atoms with Gasteiger partial charge in [-0.15, -0.1) is 0 Å². The van der Waals surface area contributed by atoms with Crippen LogP contribution in [0.4, 0.5) is 4.79 Å². The van der Waals surface area contributed by atoms with Crippen LogP contribution in [-0.2, 0) is 16.0 Å². The predicted molar refractivity (Wildman–Crippen MR) is 111 cm³/mol. The molecule has 0 fully saturated rings. The number of amides is 4. The van der Waals surface area contributed by atoms with E-state index in [1.807, 2.05) is 24.4 Å². The van der Waals surface area contributed by atoms with Crippen LogP contribution in [-0.4, -0.2) is 46.5 Å². The number of hydrogen-bond acceptors (Lipinski definition) is 3. The molecule has 7 nitrogen and oxygen atoms in total. The fraction of sp³-hybridized carbons (Fsp3) is 0.273. The van der Waals surface area contributed by atoms with Crippen LogP contribution in [0.5, 0.6) is 0 Å². The van der Waals surface area contributed by atoms with Crippen molar-refractivity contribution in [2.45, 2.75) is 19.3 Å². The van der Waals surface area contributed by atoms with Crippen LogP contribution in [0.15, 0.2) is 59.8 Å². The number of nitrogens with one attached hydrogen (secondary N) is 2. The van der Waals surface area contributed by atoms with Gasteiger partial charge < -0.3 is 10.3 Å². The minimum Gasteiger partial charge on any atom is -0.361 e. The first-order valence-corrected chi connectivity index (χ1v) is 9.74. The largest absolute Gasteiger partial charge is 0.361 e. The summed E-state index contributed by atoms with van der Waals surface area (Å²) in [6, 6.07) is 7.50. The quantitative estimate of drug-likeness (QED) is 0.761. The molecule has 2 aromatic rings. The molecule has 29 heavy (non-hydrogen) atoms. The van der Waals surface area contributed by atoms with E-state index in [1.54, 1.807) is 24.3 Å². The van der Waals surface area contributed by atoms with Gasteiger partial charge in [0.15, 0.2) is 0 Å². The molecule has 0 bridgehead atoms. The minimum atomic E-state index is -0.555. The zero-order chi connectivity index (χ0) is 20.2. The smallest absolute Gasteiger partial charge is 0.350 e. The zero-order valence-electron chi connectivity index (χ0n) is 15.9. The summed E-state index contributed by atoms with van der Waals surface area (Å²) in [6.07, 6.45) is 10.3. The molecule has 0 radical (unpaired) electrons. The normalized spacial score (nSPS) is 18.1. The average molecular weight is 390 g/mol. The number of H-pyrrole nitrogens is 1. The van der Waals surface area contributed by atoms with Crippen molar-refractivity contribution in [3.05, 3.63) is 60.3 Å². The number of carbonyl (C=O) groups is 3. The van der Waals surface area contributed by atoms with Crippen LogP contribution in [0.25, 0.3) is 10.9 Å². The summed E-state index contributed by atoms with van der Waals surface area (Å²) in [7, 11) is 0. The predicted octanol–water partition coefficient (Wildman–Crippen LogP) is 2.75. The van der Waals surface area contributed by atoms with Gasteiger partial charge in [0.05, 0.1) is 11.6 Å². The van der Waals surface area contributed by atoms with Crippen molar-refractivity contribution in [3.63, 3.8) is 0 Å². The van der Waals surface area contributed by atoms with Crippen molar-refractivity contribution >= 4 is 34.5 Å². The van der Waals surface area contributed by atoms with Gasteiger partial charge in [-0.2, -0.15) is 4.99 Å². The Morgan fingerprint density at radius 2 is 2.07 bits per heavy atom. The second-order valence-electron chi connectivity index (χ2n) is 7.09. The summed E-state index contributed by atoms with van der Waals surface area (Å²) < 4.78 is 0. The molecule has 1 aliphatic heterocycles. The first-order valence-electron chi connectivity index (χ1n) is 9.74. The van der Waals surface area contributed by atoms with Crippen molar-refractivity contribution in [1.29, 1.82) is 0 Å². The highest BCUT2D eigenvalue weighted by Gasteiger charge is 2.35. The molecule has 0 saturated carbocycles. The number of benzene rings is 1. The number of carbonyl (C=O) groups excluding carboxylic acids is 3. The molecule has 1 aliphatic carbocycles. The van der Waals surface area contributed by atoms with Gasteiger partial charge in [-0.1, -0.05) is 36.4 Å². The maximum atomic E-state index is 12.5. The third-order valence-electron chi connectivity index (χ3n) is 5.17. The molecule has 148 valence electrons. The SMILES string of the molecule is O=C(CCCN1C(=O)N=C2C=CC=CC2C1=O)NCCc1c[nH]c2ccccc12. The zero-order valence-corrected chi connectivity index (χ0v) is 15.9. The summed E-state index contributed by atoms with van der Waals surface area (Å²) in [5.41, 5.74) is 2.72. The first kappa shape index (κ1) is 18.9. The Hall–Kier alpha value is -3.48. The number of allylic oxidation sites excluding steroid dienone is 3. The lowest BCUT2D eigenvalue weighted by Gasteiger charge is -2.28. The van der Waals surface area contributed by atoms with Gasteiger partial charge in [0, 0.05) is 36.6 Å². The van der Waals surface area contributed by atoms with Gasteiger partial charge in [-0.05, 0) is 30.5 Å². The molecule has 1 aromatic heterocycles. The first-order chi connectivity index (χ1) is 14.1. The Kier molecular flexibility index (Phi) is 5.37. The van der Waals surface area contributed by atoms with E-state index < -0.39 is 11.9 Å². The molecule has 4 amide bonds. The van der Waals surface area contributed by atoms with E-state index in [-0.39, 0.29) is 24.8 Å². The van der Waals surface area contributed by atoms with E-state index in [0.29, 0.717) is 18.7 Å². The highest BCUT2D eigenvalue weighted by molar-refractivity contribution is 6.21. The number of fused-ring (bicyclic) bond motifs is 2. The van der Waals surface area contributed by atoms with Gasteiger partial charge in [0.1, 0.15) is 0 Å². The van der Waals surface area contributed by atoms with Crippen molar-refractivity contribution in [1.82, 2.24) is 15.2 Å². The molecule has 2 aliphatic rings. The number of aromatic amines is 1. The standard InChI is InChI=1S/C22H22N4O3/c27-20(23-12-11-15-14-24-18-8-3-1-6-16(15)18)10-5-13-26-21(28)17-7-2-4-9-19(17)25-22(26)29/h1-4,6-9,14,17,24H,5,10-13H2,(H,23,27). The monoisotopic (exact) mass is 390 g/mol. The van der Waals surface area contributed by atoms with Crippen LogP contribution in [0.1, 0.15) is 18.4 Å². The lowest BCUT2D eigenvalue weighted by Crippen LogP contribution is -2.46. The molecule has 1 atom stereocenters. The molecular formula is C22H22N4O3. The minimum absolute atomic E-state index is 0.0913. The number of imide groups is 1. The third-order valence-corrected chi connectivity index (χ3v) is 5.17. The maximum Gasteiger partial charge on any atom is 0.350 e. The highest BCUT2D eigenvalue weighted by Crippen LogP contribution is 2.20. The fourth-order valence-corrected chi connectivity index (χ4v) is 3.65. The molecule has 0 spiro atoms. The Morgan fingerprint density at radius 3 is 2.97 bits per heavy atom.